The second-order valence-electron chi connectivity index (χ2n) is 3.40. The first kappa shape index (κ1) is 11.3. The van der Waals surface area contributed by atoms with Crippen molar-refractivity contribution in [3.63, 3.8) is 0 Å². The summed E-state index contributed by atoms with van der Waals surface area (Å²) in [4.78, 5) is 22.3. The van der Waals surface area contributed by atoms with E-state index in [1.807, 2.05) is 0 Å². The number of hydrogen-bond donors (Lipinski definition) is 2. The van der Waals surface area contributed by atoms with Gasteiger partial charge in [0.25, 0.3) is 0 Å². The van der Waals surface area contributed by atoms with Crippen LogP contribution in [0.15, 0.2) is 0 Å². The summed E-state index contributed by atoms with van der Waals surface area (Å²) in [5.74, 6) is -0.804. The zero-order chi connectivity index (χ0) is 10.4. The third-order valence-electron chi connectivity index (χ3n) is 2.28. The Morgan fingerprint density at radius 3 is 2.43 bits per heavy atom. The molecular weight excluding hydrogens is 204 g/mol. The maximum absolute atomic E-state index is 11.2. The van der Waals surface area contributed by atoms with Crippen LogP contribution in [0.4, 0.5) is 0 Å². The average Bonchev–Trinajstić information content (AvgIpc) is 2.66. The molecule has 0 unspecified atom stereocenters. The molecule has 1 fully saturated rings. The number of rotatable bonds is 3. The number of carbonyl (C=O) groups excluding carboxylic acids is 2. The number of nitrogens with one attached hydrogen (secondary N) is 2. The van der Waals surface area contributed by atoms with E-state index in [-0.39, 0.29) is 6.04 Å². The Kier molecular flexibility index (Phi) is 4.73. The van der Waals surface area contributed by atoms with Crippen LogP contribution in [-0.2, 0) is 9.59 Å². The van der Waals surface area contributed by atoms with Gasteiger partial charge >= 0.3 is 11.8 Å². The molecule has 0 saturated heterocycles. The van der Waals surface area contributed by atoms with Gasteiger partial charge in [0.2, 0.25) is 0 Å². The summed E-state index contributed by atoms with van der Waals surface area (Å²) in [5.41, 5.74) is 0. The summed E-state index contributed by atoms with van der Waals surface area (Å²) in [6, 6.07) is 0.184. The lowest BCUT2D eigenvalue weighted by Gasteiger charge is -2.10. The highest BCUT2D eigenvalue weighted by atomic mass is 35.5. The van der Waals surface area contributed by atoms with Crippen LogP contribution in [0.1, 0.15) is 25.7 Å². The van der Waals surface area contributed by atoms with Gasteiger partial charge in [0.15, 0.2) is 0 Å². The molecule has 1 aliphatic carbocycles. The minimum atomic E-state index is -0.586. The molecular formula is C9H15ClN2O2. The summed E-state index contributed by atoms with van der Waals surface area (Å²) in [6.45, 7) is 0.332. The molecule has 0 atom stereocenters. The van der Waals surface area contributed by atoms with Gasteiger partial charge in [-0.25, -0.2) is 0 Å². The number of hydrogen-bond acceptors (Lipinski definition) is 2. The van der Waals surface area contributed by atoms with E-state index in [0.717, 1.165) is 25.7 Å². The third kappa shape index (κ3) is 3.54. The van der Waals surface area contributed by atoms with Gasteiger partial charge in [-0.05, 0) is 12.8 Å². The van der Waals surface area contributed by atoms with Crippen LogP contribution in [0.3, 0.4) is 0 Å². The lowest BCUT2D eigenvalue weighted by atomic mass is 10.2. The van der Waals surface area contributed by atoms with Crippen molar-refractivity contribution in [1.82, 2.24) is 10.6 Å². The van der Waals surface area contributed by atoms with E-state index in [9.17, 15) is 9.59 Å². The Labute approximate surface area is 88.4 Å². The van der Waals surface area contributed by atoms with Gasteiger partial charge in [-0.3, -0.25) is 9.59 Å². The molecule has 1 aliphatic rings. The largest absolute Gasteiger partial charge is 0.347 e. The van der Waals surface area contributed by atoms with Crippen molar-refractivity contribution >= 4 is 23.4 Å². The topological polar surface area (TPSA) is 58.2 Å². The standard InChI is InChI=1S/C9H15ClN2O2/c10-5-6-11-8(13)9(14)12-7-3-1-2-4-7/h7H,1-6H2,(H,11,13)(H,12,14). The normalized spacial score (nSPS) is 16.6. The number of alkyl halides is 1. The molecule has 0 spiro atoms. The Balaban J connectivity index is 2.22. The van der Waals surface area contributed by atoms with Crippen molar-refractivity contribution in [3.8, 4) is 0 Å². The van der Waals surface area contributed by atoms with E-state index in [1.165, 1.54) is 0 Å². The maximum Gasteiger partial charge on any atom is 0.309 e. The van der Waals surface area contributed by atoms with Crippen LogP contribution >= 0.6 is 11.6 Å². The van der Waals surface area contributed by atoms with Gasteiger partial charge in [-0.2, -0.15) is 0 Å². The summed E-state index contributed by atoms with van der Waals surface area (Å²) in [5, 5.41) is 5.12. The number of amides is 2. The van der Waals surface area contributed by atoms with Crippen molar-refractivity contribution in [2.45, 2.75) is 31.7 Å². The highest BCUT2D eigenvalue weighted by Gasteiger charge is 2.20. The summed E-state index contributed by atoms with van der Waals surface area (Å²) in [6.07, 6.45) is 4.23. The Morgan fingerprint density at radius 1 is 1.21 bits per heavy atom. The molecule has 1 saturated carbocycles. The monoisotopic (exact) mass is 218 g/mol. The summed E-state index contributed by atoms with van der Waals surface area (Å²) < 4.78 is 0. The SMILES string of the molecule is O=C(NCCCl)C(=O)NC1CCCC1. The van der Waals surface area contributed by atoms with E-state index >= 15 is 0 Å². The molecule has 0 heterocycles. The van der Waals surface area contributed by atoms with Gasteiger partial charge < -0.3 is 10.6 Å². The van der Waals surface area contributed by atoms with Crippen molar-refractivity contribution < 1.29 is 9.59 Å². The van der Waals surface area contributed by atoms with Gasteiger partial charge in [-0.15, -0.1) is 11.6 Å². The smallest absolute Gasteiger partial charge is 0.309 e. The average molecular weight is 219 g/mol. The molecule has 0 aliphatic heterocycles. The fraction of sp³-hybridized carbons (Fsp3) is 0.778. The minimum absolute atomic E-state index is 0.184. The first-order valence-corrected chi connectivity index (χ1v) is 5.42. The van der Waals surface area contributed by atoms with E-state index in [1.54, 1.807) is 0 Å². The Hall–Kier alpha value is -0.770. The minimum Gasteiger partial charge on any atom is -0.347 e. The van der Waals surface area contributed by atoms with E-state index in [0.29, 0.717) is 12.4 Å². The molecule has 4 nitrogen and oxygen atoms in total. The highest BCUT2D eigenvalue weighted by molar-refractivity contribution is 6.35. The van der Waals surface area contributed by atoms with Gasteiger partial charge in [0.1, 0.15) is 0 Å². The molecule has 2 N–H and O–H groups in total. The second-order valence-corrected chi connectivity index (χ2v) is 3.78. The van der Waals surface area contributed by atoms with Crippen LogP contribution < -0.4 is 10.6 Å². The van der Waals surface area contributed by atoms with Crippen LogP contribution in [0.5, 0.6) is 0 Å². The lowest BCUT2D eigenvalue weighted by Crippen LogP contribution is -2.44. The molecule has 14 heavy (non-hydrogen) atoms. The number of carbonyl (C=O) groups is 2. The van der Waals surface area contributed by atoms with Crippen molar-refractivity contribution in [1.29, 1.82) is 0 Å². The van der Waals surface area contributed by atoms with Crippen molar-refractivity contribution in [2.75, 3.05) is 12.4 Å². The fourth-order valence-corrected chi connectivity index (χ4v) is 1.66. The number of halogens is 1. The molecule has 1 rings (SSSR count). The van der Waals surface area contributed by atoms with Gasteiger partial charge in [-0.1, -0.05) is 12.8 Å². The maximum atomic E-state index is 11.2. The molecule has 0 aromatic carbocycles. The van der Waals surface area contributed by atoms with E-state index in [4.69, 9.17) is 11.6 Å². The molecule has 0 radical (unpaired) electrons. The van der Waals surface area contributed by atoms with Gasteiger partial charge in [0, 0.05) is 18.5 Å². The first-order valence-electron chi connectivity index (χ1n) is 4.88. The first-order chi connectivity index (χ1) is 6.74. The van der Waals surface area contributed by atoms with Crippen LogP contribution in [0, 0.1) is 0 Å². The fourth-order valence-electron chi connectivity index (χ4n) is 1.56. The van der Waals surface area contributed by atoms with E-state index in [2.05, 4.69) is 10.6 Å². The quantitative estimate of drug-likeness (QED) is 0.532. The zero-order valence-electron chi connectivity index (χ0n) is 8.01. The van der Waals surface area contributed by atoms with Crippen molar-refractivity contribution in [2.24, 2.45) is 0 Å². The molecule has 5 heteroatoms. The molecule has 0 aromatic heterocycles. The third-order valence-corrected chi connectivity index (χ3v) is 2.47. The van der Waals surface area contributed by atoms with Crippen LogP contribution in [-0.4, -0.2) is 30.3 Å². The predicted octanol–water partition coefficient (Wildman–Crippen LogP) is 0.400. The van der Waals surface area contributed by atoms with Crippen molar-refractivity contribution in [3.05, 3.63) is 0 Å². The highest BCUT2D eigenvalue weighted by Crippen LogP contribution is 2.17. The zero-order valence-corrected chi connectivity index (χ0v) is 8.77. The lowest BCUT2D eigenvalue weighted by molar-refractivity contribution is -0.139. The van der Waals surface area contributed by atoms with Crippen LogP contribution in [0.25, 0.3) is 0 Å². The van der Waals surface area contributed by atoms with Gasteiger partial charge in [0.05, 0.1) is 0 Å². The predicted molar refractivity (Wildman–Crippen MR) is 54.1 cm³/mol. The summed E-state index contributed by atoms with van der Waals surface area (Å²) >= 11 is 5.37. The Bertz CT molecular complexity index is 215. The molecule has 0 bridgehead atoms. The van der Waals surface area contributed by atoms with Crippen LogP contribution in [0.2, 0.25) is 0 Å². The second kappa shape index (κ2) is 5.86. The molecule has 80 valence electrons. The van der Waals surface area contributed by atoms with E-state index < -0.39 is 11.8 Å². The Morgan fingerprint density at radius 2 is 1.86 bits per heavy atom. The summed E-state index contributed by atoms with van der Waals surface area (Å²) in [7, 11) is 0. The molecule has 0 aromatic rings. The molecule has 2 amide bonds.